The molecule has 0 saturated heterocycles. The fraction of sp³-hybridized carbons (Fsp3) is 0.667. The summed E-state index contributed by atoms with van der Waals surface area (Å²) >= 11 is 0. The highest BCUT2D eigenvalue weighted by atomic mass is 32.3. The Kier molecular flexibility index (Phi) is 2.91. The zero-order valence-electron chi connectivity index (χ0n) is 5.14. The molecular weight excluding hydrogens is 162 g/mol. The fourth-order valence-electron chi connectivity index (χ4n) is 0.207. The van der Waals surface area contributed by atoms with Crippen molar-refractivity contribution in [2.24, 2.45) is 5.90 Å². The van der Waals surface area contributed by atoms with Gasteiger partial charge in [-0.25, -0.2) is 4.79 Å². The molecule has 59 valence electrons. The lowest BCUT2D eigenvalue weighted by Gasteiger charge is -1.98. The smallest absolute Gasteiger partial charge is 0.427 e. The van der Waals surface area contributed by atoms with Crippen molar-refractivity contribution in [2.45, 2.75) is 12.2 Å². The first-order valence-electron chi connectivity index (χ1n) is 2.27. The molecule has 7 heteroatoms. The van der Waals surface area contributed by atoms with Gasteiger partial charge in [-0.15, -0.1) is 0 Å². The minimum absolute atomic E-state index is 0.963. The van der Waals surface area contributed by atoms with Crippen LogP contribution in [0.15, 0.2) is 0 Å². The number of aliphatic carboxylic acids is 1. The summed E-state index contributed by atoms with van der Waals surface area (Å²) in [6, 6.07) is 0. The Balaban J connectivity index is 4.33. The molecule has 0 rings (SSSR count). The summed E-state index contributed by atoms with van der Waals surface area (Å²) < 4.78 is 24.3. The fourth-order valence-corrected chi connectivity index (χ4v) is 0.620. The summed E-state index contributed by atoms with van der Waals surface area (Å²) in [4.78, 5) is 9.99. The molecule has 0 fully saturated rings. The largest absolute Gasteiger partial charge is 0.477 e. The van der Waals surface area contributed by atoms with Crippen LogP contribution < -0.4 is 5.90 Å². The molecule has 0 aromatic rings. The summed E-state index contributed by atoms with van der Waals surface area (Å²) in [5.41, 5.74) is 0. The zero-order chi connectivity index (χ0) is 8.36. The normalized spacial score (nSPS) is 19.5. The minimum Gasteiger partial charge on any atom is -0.477 e. The highest BCUT2D eigenvalue weighted by Crippen LogP contribution is 2.08. The molecule has 0 aromatic carbocycles. The number of carbonyl (C=O) groups is 1. The van der Waals surface area contributed by atoms with E-state index in [2.05, 4.69) is 10.2 Å². The van der Waals surface area contributed by atoms with Gasteiger partial charge < -0.3 is 5.11 Å². The van der Waals surface area contributed by atoms with E-state index in [0.717, 1.165) is 6.92 Å². The molecule has 0 aromatic heterocycles. The molecule has 0 bridgehead atoms. The first kappa shape index (κ1) is 9.50. The van der Waals surface area contributed by atoms with Crippen LogP contribution in [0.25, 0.3) is 0 Å². The zero-order valence-corrected chi connectivity index (χ0v) is 5.96. The van der Waals surface area contributed by atoms with Crippen molar-refractivity contribution < 1.29 is 22.9 Å². The van der Waals surface area contributed by atoms with E-state index in [4.69, 9.17) is 5.11 Å². The Hall–Kier alpha value is -0.500. The average Bonchev–Trinajstić information content (AvgIpc) is 1.86. The molecule has 2 atom stereocenters. The van der Waals surface area contributed by atoms with Crippen LogP contribution in [0.2, 0.25) is 0 Å². The van der Waals surface area contributed by atoms with Gasteiger partial charge in [-0.2, -0.15) is 5.90 Å². The second-order valence-electron chi connectivity index (χ2n) is 1.57. The van der Waals surface area contributed by atoms with E-state index in [9.17, 15) is 13.6 Å². The number of nitrogens with two attached hydrogens (primary N) is 1. The van der Waals surface area contributed by atoms with Crippen LogP contribution in [-0.2, 0) is 28.3 Å². The molecule has 0 spiro atoms. The second kappa shape index (κ2) is 3.06. The molecule has 0 heterocycles. The molecule has 0 aliphatic heterocycles. The van der Waals surface area contributed by atoms with Crippen molar-refractivity contribution >= 4 is 16.5 Å². The SMILES string of the molecule is C[C@@H](C(=O)O)[S+]([O])(=O)ON. The van der Waals surface area contributed by atoms with E-state index in [-0.39, 0.29) is 0 Å². The van der Waals surface area contributed by atoms with Gasteiger partial charge in [0.1, 0.15) is 0 Å². The summed E-state index contributed by atoms with van der Waals surface area (Å²) in [5.74, 6) is 2.80. The van der Waals surface area contributed by atoms with Crippen LogP contribution in [-0.4, -0.2) is 16.3 Å². The van der Waals surface area contributed by atoms with E-state index in [1.807, 2.05) is 0 Å². The number of rotatable bonds is 3. The molecule has 0 amide bonds. The quantitative estimate of drug-likeness (QED) is 0.420. The van der Waals surface area contributed by atoms with Crippen LogP contribution in [0.4, 0.5) is 0 Å². The van der Waals surface area contributed by atoms with E-state index >= 15 is 0 Å². The van der Waals surface area contributed by atoms with Crippen molar-refractivity contribution in [3.8, 4) is 0 Å². The van der Waals surface area contributed by atoms with Crippen LogP contribution in [0, 0.1) is 0 Å². The molecule has 0 aliphatic rings. The predicted molar refractivity (Wildman–Crippen MR) is 31.1 cm³/mol. The van der Waals surface area contributed by atoms with Crippen LogP contribution in [0.3, 0.4) is 0 Å². The third-order valence-electron chi connectivity index (χ3n) is 0.915. The van der Waals surface area contributed by atoms with E-state index in [0.29, 0.717) is 0 Å². The van der Waals surface area contributed by atoms with Gasteiger partial charge >= 0.3 is 16.5 Å². The lowest BCUT2D eigenvalue weighted by atomic mass is 10.5. The van der Waals surface area contributed by atoms with Crippen LogP contribution in [0.5, 0.6) is 0 Å². The highest BCUT2D eigenvalue weighted by Gasteiger charge is 2.44. The summed E-state index contributed by atoms with van der Waals surface area (Å²) in [6.07, 6.45) is 0. The predicted octanol–water partition coefficient (Wildman–Crippen LogP) is -0.890. The third kappa shape index (κ3) is 2.03. The maximum Gasteiger partial charge on any atom is 0.427 e. The molecule has 1 unspecified atom stereocenters. The van der Waals surface area contributed by atoms with E-state index < -0.39 is 21.7 Å². The van der Waals surface area contributed by atoms with E-state index in [1.165, 1.54) is 0 Å². The van der Waals surface area contributed by atoms with E-state index in [1.54, 1.807) is 0 Å². The number of hydrogen-bond acceptors (Lipinski definition) is 4. The Morgan fingerprint density at radius 1 is 1.80 bits per heavy atom. The number of carboxylic acid groups (broad SMARTS) is 1. The van der Waals surface area contributed by atoms with Crippen molar-refractivity contribution in [1.29, 1.82) is 0 Å². The van der Waals surface area contributed by atoms with Crippen molar-refractivity contribution in [3.05, 3.63) is 0 Å². The summed E-state index contributed by atoms with van der Waals surface area (Å²) in [7, 11) is -4.12. The Bertz CT molecular complexity index is 180. The molecule has 0 aliphatic carbocycles. The minimum atomic E-state index is -4.12. The molecule has 1 radical (unpaired) electrons. The Morgan fingerprint density at radius 2 is 2.20 bits per heavy atom. The van der Waals surface area contributed by atoms with Gasteiger partial charge in [0.05, 0.1) is 4.55 Å². The van der Waals surface area contributed by atoms with Crippen LogP contribution >= 0.6 is 0 Å². The first-order chi connectivity index (χ1) is 4.41. The van der Waals surface area contributed by atoms with Crippen molar-refractivity contribution in [3.63, 3.8) is 0 Å². The highest BCUT2D eigenvalue weighted by molar-refractivity contribution is 7.94. The molecule has 0 saturated carbocycles. The lowest BCUT2D eigenvalue weighted by molar-refractivity contribution is -0.136. The van der Waals surface area contributed by atoms with Gasteiger partial charge in [0.25, 0.3) is 5.25 Å². The van der Waals surface area contributed by atoms with Crippen molar-refractivity contribution in [2.75, 3.05) is 0 Å². The first-order valence-corrected chi connectivity index (χ1v) is 3.74. The van der Waals surface area contributed by atoms with Gasteiger partial charge in [0.2, 0.25) is 0 Å². The topological polar surface area (TPSA) is 110 Å². The number of carboxylic acids is 1. The Morgan fingerprint density at radius 3 is 2.30 bits per heavy atom. The monoisotopic (exact) mass is 169 g/mol. The number of hydrogen-bond donors (Lipinski definition) is 2. The van der Waals surface area contributed by atoms with Gasteiger partial charge in [-0.05, 0) is 8.49 Å². The standard InChI is InChI=1S/C3H7NO5S/c1-2(3(5)6)10(7,8)9-4/h2H,4H2,1H3,(H,5,6)/q+1/t2-/m0/s1. The van der Waals surface area contributed by atoms with Gasteiger partial charge in [-0.3, -0.25) is 0 Å². The average molecular weight is 169 g/mol. The van der Waals surface area contributed by atoms with Gasteiger partial charge in [0.15, 0.2) is 0 Å². The molecule has 6 nitrogen and oxygen atoms in total. The molecular formula is C3H7NO5S+. The maximum absolute atomic E-state index is 10.4. The second-order valence-corrected chi connectivity index (χ2v) is 3.45. The summed E-state index contributed by atoms with van der Waals surface area (Å²) in [5, 5.41) is 6.51. The van der Waals surface area contributed by atoms with Gasteiger partial charge in [-0.1, -0.05) is 0 Å². The lowest BCUT2D eigenvalue weighted by Crippen LogP contribution is -2.34. The van der Waals surface area contributed by atoms with Gasteiger partial charge in [0, 0.05) is 6.92 Å². The van der Waals surface area contributed by atoms with Crippen LogP contribution in [0.1, 0.15) is 6.92 Å². The third-order valence-corrected chi connectivity index (χ3v) is 2.25. The molecule has 3 N–H and O–H groups in total. The Labute approximate surface area is 58.4 Å². The maximum atomic E-state index is 10.4. The summed E-state index contributed by atoms with van der Waals surface area (Å²) in [6.45, 7) is 0.963. The molecule has 10 heavy (non-hydrogen) atoms. The van der Waals surface area contributed by atoms with Crippen molar-refractivity contribution in [1.82, 2.24) is 0 Å².